The van der Waals surface area contributed by atoms with Gasteiger partial charge in [0.2, 0.25) is 0 Å². The second-order valence-electron chi connectivity index (χ2n) is 4.28. The second-order valence-corrected chi connectivity index (χ2v) is 5.47. The minimum absolute atomic E-state index is 0.0129. The largest absolute Gasteiger partial charge is 0.392 e. The summed E-state index contributed by atoms with van der Waals surface area (Å²) < 4.78 is 0. The molecule has 0 radical (unpaired) electrons. The van der Waals surface area contributed by atoms with E-state index in [1.54, 1.807) is 10.9 Å². The lowest BCUT2D eigenvalue weighted by molar-refractivity contribution is 0.0617. The minimum atomic E-state index is 0.0129. The molecule has 2 heterocycles. The first-order valence-electron chi connectivity index (χ1n) is 5.80. The monoisotopic (exact) mass is 284 g/mol. The van der Waals surface area contributed by atoms with Crippen LogP contribution in [0.2, 0.25) is 0 Å². The molecule has 1 aromatic rings. The van der Waals surface area contributed by atoms with Crippen LogP contribution >= 0.6 is 23.6 Å². The Balaban J connectivity index is 1.91. The maximum Gasteiger partial charge on any atom is 0.273 e. The molecule has 1 saturated heterocycles. The zero-order valence-corrected chi connectivity index (χ0v) is 11.8. The molecule has 7 heteroatoms. The summed E-state index contributed by atoms with van der Waals surface area (Å²) in [6.07, 6.45) is 0. The predicted octanol–water partition coefficient (Wildman–Crippen LogP) is 0.575. The van der Waals surface area contributed by atoms with E-state index in [4.69, 9.17) is 18.0 Å². The summed E-state index contributed by atoms with van der Waals surface area (Å²) in [7, 11) is 0. The first-order valence-corrected chi connectivity index (χ1v) is 7.15. The highest BCUT2D eigenvalue weighted by Crippen LogP contribution is 2.11. The van der Waals surface area contributed by atoms with Crippen LogP contribution in [0.15, 0.2) is 10.9 Å². The number of hydrogen-bond donors (Lipinski definition) is 1. The van der Waals surface area contributed by atoms with Gasteiger partial charge in [-0.25, -0.2) is 4.98 Å². The van der Waals surface area contributed by atoms with Crippen LogP contribution in [0.1, 0.15) is 17.4 Å². The number of piperazine rings is 1. The van der Waals surface area contributed by atoms with E-state index in [1.165, 1.54) is 11.3 Å². The Bertz CT molecular complexity index is 426. The predicted molar refractivity (Wildman–Crippen MR) is 75.8 cm³/mol. The molecule has 18 heavy (non-hydrogen) atoms. The summed E-state index contributed by atoms with van der Waals surface area (Å²) >= 11 is 6.43. The van der Waals surface area contributed by atoms with Gasteiger partial charge in [-0.1, -0.05) is 12.2 Å². The van der Waals surface area contributed by atoms with E-state index < -0.39 is 0 Å². The number of thiazole rings is 1. The molecule has 0 spiro atoms. The molecule has 5 nitrogen and oxygen atoms in total. The van der Waals surface area contributed by atoms with Crippen molar-refractivity contribution in [3.63, 3.8) is 0 Å². The first-order chi connectivity index (χ1) is 8.59. The average molecular weight is 284 g/mol. The van der Waals surface area contributed by atoms with Crippen molar-refractivity contribution in [1.29, 1.82) is 0 Å². The quantitative estimate of drug-likeness (QED) is 0.823. The van der Waals surface area contributed by atoms with Crippen molar-refractivity contribution < 1.29 is 4.79 Å². The summed E-state index contributed by atoms with van der Waals surface area (Å²) in [6, 6.07) is 0.0940. The van der Waals surface area contributed by atoms with Gasteiger partial charge in [0.25, 0.3) is 5.91 Å². The topological polar surface area (TPSA) is 62.5 Å². The van der Waals surface area contributed by atoms with Crippen LogP contribution in [0.5, 0.6) is 0 Å². The van der Waals surface area contributed by atoms with Crippen molar-refractivity contribution in [1.82, 2.24) is 14.8 Å². The summed E-state index contributed by atoms with van der Waals surface area (Å²) in [5.74, 6) is 0.0129. The Morgan fingerprint density at radius 2 is 2.17 bits per heavy atom. The number of nitrogens with zero attached hydrogens (tertiary/aromatic N) is 3. The standard InChI is InChI=1S/C11H16N4OS2/c1-8(10(12)17)14-2-4-15(5-3-14)11(16)9-6-18-7-13-9/h6-8H,2-5H2,1H3,(H2,12,17). The molecule has 2 rings (SSSR count). The number of carbonyl (C=O) groups is 1. The van der Waals surface area contributed by atoms with Gasteiger partial charge in [-0.15, -0.1) is 11.3 Å². The highest BCUT2D eigenvalue weighted by molar-refractivity contribution is 7.80. The van der Waals surface area contributed by atoms with E-state index in [0.29, 0.717) is 23.8 Å². The molecule has 0 bridgehead atoms. The van der Waals surface area contributed by atoms with Crippen LogP contribution in [0.3, 0.4) is 0 Å². The molecule has 98 valence electrons. The van der Waals surface area contributed by atoms with Crippen molar-refractivity contribution in [2.45, 2.75) is 13.0 Å². The number of hydrogen-bond acceptors (Lipinski definition) is 5. The lowest BCUT2D eigenvalue weighted by Gasteiger charge is -2.37. The normalized spacial score (nSPS) is 18.6. The summed E-state index contributed by atoms with van der Waals surface area (Å²) in [4.78, 5) is 20.7. The van der Waals surface area contributed by atoms with E-state index >= 15 is 0 Å². The van der Waals surface area contributed by atoms with Gasteiger partial charge in [-0.3, -0.25) is 9.69 Å². The molecule has 1 aliphatic rings. The van der Waals surface area contributed by atoms with Gasteiger partial charge in [0.15, 0.2) is 0 Å². The molecule has 1 aliphatic heterocycles. The number of thiocarbonyl (C=S) groups is 1. The fourth-order valence-corrected chi connectivity index (χ4v) is 2.65. The SMILES string of the molecule is CC(C(N)=S)N1CCN(C(=O)c2cscn2)CC1. The van der Waals surface area contributed by atoms with E-state index in [2.05, 4.69) is 9.88 Å². The average Bonchev–Trinajstić information content (AvgIpc) is 2.91. The third-order valence-electron chi connectivity index (χ3n) is 3.21. The molecule has 0 aromatic carbocycles. The molecule has 1 unspecified atom stereocenters. The molecule has 2 N–H and O–H groups in total. The van der Waals surface area contributed by atoms with Crippen molar-refractivity contribution in [3.8, 4) is 0 Å². The summed E-state index contributed by atoms with van der Waals surface area (Å²) in [5.41, 5.74) is 7.86. The molecular weight excluding hydrogens is 268 g/mol. The third kappa shape index (κ3) is 2.85. The van der Waals surface area contributed by atoms with E-state index in [9.17, 15) is 4.79 Å². The molecule has 1 fully saturated rings. The van der Waals surface area contributed by atoms with Crippen LogP contribution in [-0.2, 0) is 0 Å². The Morgan fingerprint density at radius 3 is 2.67 bits per heavy atom. The number of amides is 1. The van der Waals surface area contributed by atoms with E-state index in [0.717, 1.165) is 13.1 Å². The Labute approximate surface area is 116 Å². The van der Waals surface area contributed by atoms with Gasteiger partial charge in [-0.2, -0.15) is 0 Å². The maximum absolute atomic E-state index is 12.1. The number of aromatic nitrogens is 1. The van der Waals surface area contributed by atoms with Crippen LogP contribution in [0.4, 0.5) is 0 Å². The first kappa shape index (κ1) is 13.4. The molecule has 1 aromatic heterocycles. The van der Waals surface area contributed by atoms with Gasteiger partial charge >= 0.3 is 0 Å². The maximum atomic E-state index is 12.1. The Morgan fingerprint density at radius 1 is 1.50 bits per heavy atom. The van der Waals surface area contributed by atoms with E-state index in [-0.39, 0.29) is 11.9 Å². The van der Waals surface area contributed by atoms with Gasteiger partial charge in [0.05, 0.1) is 16.5 Å². The second kappa shape index (κ2) is 5.73. The fraction of sp³-hybridized carbons (Fsp3) is 0.545. The van der Waals surface area contributed by atoms with Crippen LogP contribution in [-0.4, -0.2) is 57.9 Å². The van der Waals surface area contributed by atoms with Crippen LogP contribution in [0, 0.1) is 0 Å². The van der Waals surface area contributed by atoms with Crippen molar-refractivity contribution in [2.75, 3.05) is 26.2 Å². The van der Waals surface area contributed by atoms with Crippen LogP contribution < -0.4 is 5.73 Å². The van der Waals surface area contributed by atoms with E-state index in [1.807, 2.05) is 11.8 Å². The van der Waals surface area contributed by atoms with Gasteiger partial charge < -0.3 is 10.6 Å². The zero-order chi connectivity index (χ0) is 13.1. The minimum Gasteiger partial charge on any atom is -0.392 e. The van der Waals surface area contributed by atoms with Gasteiger partial charge in [0.1, 0.15) is 5.69 Å². The molecule has 1 amide bonds. The highest BCUT2D eigenvalue weighted by atomic mass is 32.1. The lowest BCUT2D eigenvalue weighted by atomic mass is 10.2. The van der Waals surface area contributed by atoms with Crippen molar-refractivity contribution in [2.24, 2.45) is 5.73 Å². The van der Waals surface area contributed by atoms with Crippen molar-refractivity contribution >= 4 is 34.5 Å². The van der Waals surface area contributed by atoms with Crippen LogP contribution in [0.25, 0.3) is 0 Å². The Kier molecular flexibility index (Phi) is 4.26. The zero-order valence-electron chi connectivity index (χ0n) is 10.2. The lowest BCUT2D eigenvalue weighted by Crippen LogP contribution is -2.54. The molecule has 0 aliphatic carbocycles. The van der Waals surface area contributed by atoms with Crippen molar-refractivity contribution in [3.05, 3.63) is 16.6 Å². The molecule has 0 saturated carbocycles. The number of nitrogens with two attached hydrogens (primary N) is 1. The highest BCUT2D eigenvalue weighted by Gasteiger charge is 2.26. The van der Waals surface area contributed by atoms with Gasteiger partial charge in [-0.05, 0) is 6.92 Å². The third-order valence-corrected chi connectivity index (χ3v) is 4.14. The molecular formula is C11H16N4OS2. The smallest absolute Gasteiger partial charge is 0.273 e. The summed E-state index contributed by atoms with van der Waals surface area (Å²) in [5, 5.41) is 1.78. The Hall–Kier alpha value is -1.05. The van der Waals surface area contributed by atoms with Gasteiger partial charge in [0, 0.05) is 31.6 Å². The number of carbonyl (C=O) groups excluding carboxylic acids is 1. The molecule has 1 atom stereocenters. The number of rotatable bonds is 3. The fourth-order valence-electron chi connectivity index (χ4n) is 1.97. The summed E-state index contributed by atoms with van der Waals surface area (Å²) in [6.45, 7) is 5.00.